The highest BCUT2D eigenvalue weighted by Crippen LogP contribution is 2.20. The van der Waals surface area contributed by atoms with Crippen LogP contribution >= 0.6 is 0 Å². The largest absolute Gasteiger partial charge is 0.494 e. The average Bonchev–Trinajstić information content (AvgIpc) is 3.20. The van der Waals surface area contributed by atoms with E-state index in [-0.39, 0.29) is 12.5 Å². The summed E-state index contributed by atoms with van der Waals surface area (Å²) in [5.74, 6) is 1.25. The number of fused-ring (bicyclic) bond motifs is 1. The summed E-state index contributed by atoms with van der Waals surface area (Å²) in [5.41, 5.74) is 2.58. The predicted molar refractivity (Wildman–Crippen MR) is 116 cm³/mol. The van der Waals surface area contributed by atoms with Crippen molar-refractivity contribution in [3.63, 3.8) is 0 Å². The van der Waals surface area contributed by atoms with Gasteiger partial charge in [0.1, 0.15) is 17.1 Å². The number of amides is 1. The first-order valence-corrected chi connectivity index (χ1v) is 9.86. The maximum absolute atomic E-state index is 13.1. The van der Waals surface area contributed by atoms with Gasteiger partial charge >= 0.3 is 0 Å². The number of carbonyl (C=O) groups is 1. The number of aromatic nitrogens is 2. The average molecular weight is 401 g/mol. The molecule has 0 fully saturated rings. The first kappa shape index (κ1) is 19.5. The van der Waals surface area contributed by atoms with Gasteiger partial charge in [-0.3, -0.25) is 4.79 Å². The summed E-state index contributed by atoms with van der Waals surface area (Å²) in [6.45, 7) is 2.86. The molecular weight excluding hydrogens is 378 g/mol. The van der Waals surface area contributed by atoms with Gasteiger partial charge < -0.3 is 18.8 Å². The van der Waals surface area contributed by atoms with E-state index < -0.39 is 0 Å². The smallest absolute Gasteiger partial charge is 0.265 e. The van der Waals surface area contributed by atoms with Crippen LogP contribution in [-0.4, -0.2) is 28.5 Å². The number of hydrogen-bond donors (Lipinski definition) is 0. The van der Waals surface area contributed by atoms with Gasteiger partial charge in [0.15, 0.2) is 6.61 Å². The summed E-state index contributed by atoms with van der Waals surface area (Å²) in [6.07, 6.45) is 3.74. The lowest BCUT2D eigenvalue weighted by Gasteiger charge is -2.23. The van der Waals surface area contributed by atoms with Crippen molar-refractivity contribution in [3.05, 3.63) is 90.9 Å². The van der Waals surface area contributed by atoms with Crippen LogP contribution in [0.3, 0.4) is 0 Å². The van der Waals surface area contributed by atoms with Gasteiger partial charge in [-0.2, -0.15) is 0 Å². The molecule has 2 heterocycles. The second-order valence-electron chi connectivity index (χ2n) is 6.69. The van der Waals surface area contributed by atoms with Gasteiger partial charge in [-0.25, -0.2) is 4.98 Å². The molecule has 30 heavy (non-hydrogen) atoms. The molecule has 1 amide bonds. The molecule has 0 unspecified atom stereocenters. The molecule has 6 heteroatoms. The topological polar surface area (TPSA) is 56.1 Å². The number of pyridine rings is 1. The van der Waals surface area contributed by atoms with Crippen molar-refractivity contribution < 1.29 is 14.3 Å². The number of hydrogen-bond acceptors (Lipinski definition) is 4. The summed E-state index contributed by atoms with van der Waals surface area (Å²) in [7, 11) is 0. The molecule has 0 N–H and O–H groups in total. The van der Waals surface area contributed by atoms with E-state index in [1.54, 1.807) is 23.2 Å². The van der Waals surface area contributed by atoms with Gasteiger partial charge in [-0.15, -0.1) is 0 Å². The molecule has 0 bridgehead atoms. The Morgan fingerprint density at radius 1 is 0.933 bits per heavy atom. The molecule has 0 saturated heterocycles. The highest BCUT2D eigenvalue weighted by molar-refractivity contribution is 5.94. The maximum atomic E-state index is 13.1. The minimum Gasteiger partial charge on any atom is -0.494 e. The van der Waals surface area contributed by atoms with E-state index in [2.05, 4.69) is 4.98 Å². The highest BCUT2D eigenvalue weighted by atomic mass is 16.5. The van der Waals surface area contributed by atoms with Crippen LogP contribution in [0.2, 0.25) is 0 Å². The van der Waals surface area contributed by atoms with Crippen molar-refractivity contribution in [2.75, 3.05) is 18.1 Å². The Labute approximate surface area is 175 Å². The molecule has 0 saturated carbocycles. The Hall–Kier alpha value is -3.80. The second-order valence-corrected chi connectivity index (χ2v) is 6.69. The molecule has 0 aliphatic heterocycles. The second kappa shape index (κ2) is 9.13. The van der Waals surface area contributed by atoms with Crippen molar-refractivity contribution in [1.29, 1.82) is 0 Å². The van der Waals surface area contributed by atoms with Crippen LogP contribution in [0.1, 0.15) is 12.6 Å². The Balaban J connectivity index is 1.51. The Morgan fingerprint density at radius 2 is 1.63 bits per heavy atom. The summed E-state index contributed by atoms with van der Waals surface area (Å²) < 4.78 is 13.2. The maximum Gasteiger partial charge on any atom is 0.265 e. The molecule has 0 radical (unpaired) electrons. The fourth-order valence-electron chi connectivity index (χ4n) is 3.22. The zero-order chi connectivity index (χ0) is 20.8. The van der Waals surface area contributed by atoms with Gasteiger partial charge in [0, 0.05) is 11.9 Å². The summed E-state index contributed by atoms with van der Waals surface area (Å²) in [6, 6.07) is 22.7. The van der Waals surface area contributed by atoms with Crippen molar-refractivity contribution in [2.45, 2.75) is 13.5 Å². The number of nitrogens with zero attached hydrogens (tertiary/aromatic N) is 3. The van der Waals surface area contributed by atoms with E-state index >= 15 is 0 Å². The molecule has 4 rings (SSSR count). The van der Waals surface area contributed by atoms with E-state index in [0.29, 0.717) is 18.9 Å². The fourth-order valence-corrected chi connectivity index (χ4v) is 3.22. The minimum atomic E-state index is -0.138. The van der Waals surface area contributed by atoms with Gasteiger partial charge in [-0.1, -0.05) is 24.3 Å². The number of anilines is 1. The number of imidazole rings is 1. The number of benzene rings is 2. The Morgan fingerprint density at radius 3 is 2.37 bits per heavy atom. The van der Waals surface area contributed by atoms with Crippen molar-refractivity contribution in [1.82, 2.24) is 9.38 Å². The van der Waals surface area contributed by atoms with Crippen LogP contribution < -0.4 is 14.4 Å². The Bertz CT molecular complexity index is 1110. The van der Waals surface area contributed by atoms with E-state index in [4.69, 9.17) is 9.47 Å². The van der Waals surface area contributed by atoms with Crippen LogP contribution in [0, 0.1) is 0 Å². The standard InChI is InChI=1S/C24H23N3O3/c1-2-29-21-11-13-22(14-12-21)30-18-24(28)27(19-8-4-3-5-9-19)17-20-16-25-23-10-6-7-15-26(20)23/h3-16H,2,17-18H2,1H3. The highest BCUT2D eigenvalue weighted by Gasteiger charge is 2.19. The van der Waals surface area contributed by atoms with Crippen molar-refractivity contribution in [2.24, 2.45) is 0 Å². The minimum absolute atomic E-state index is 0.0698. The zero-order valence-electron chi connectivity index (χ0n) is 16.8. The van der Waals surface area contributed by atoms with Gasteiger partial charge in [0.05, 0.1) is 25.0 Å². The number of carbonyl (C=O) groups excluding carboxylic acids is 1. The molecule has 2 aromatic heterocycles. The number of para-hydroxylation sites is 1. The fraction of sp³-hybridized carbons (Fsp3) is 0.167. The molecule has 6 nitrogen and oxygen atoms in total. The Kier molecular flexibility index (Phi) is 5.94. The zero-order valence-corrected chi connectivity index (χ0v) is 16.8. The summed E-state index contributed by atoms with van der Waals surface area (Å²) >= 11 is 0. The predicted octanol–water partition coefficient (Wildman–Crippen LogP) is 4.35. The molecule has 152 valence electrons. The van der Waals surface area contributed by atoms with Crippen LogP contribution in [-0.2, 0) is 11.3 Å². The molecule has 0 aliphatic rings. The SMILES string of the molecule is CCOc1ccc(OCC(=O)N(Cc2cnc3ccccn23)c2ccccc2)cc1. The molecule has 2 aromatic carbocycles. The van der Waals surface area contributed by atoms with Crippen LogP contribution in [0.4, 0.5) is 5.69 Å². The van der Waals surface area contributed by atoms with Crippen LogP contribution in [0.15, 0.2) is 85.2 Å². The van der Waals surface area contributed by atoms with Crippen LogP contribution in [0.5, 0.6) is 11.5 Å². The van der Waals surface area contributed by atoms with Crippen LogP contribution in [0.25, 0.3) is 5.65 Å². The number of rotatable bonds is 8. The van der Waals surface area contributed by atoms with E-state index in [1.807, 2.05) is 78.2 Å². The number of ether oxygens (including phenoxy) is 2. The monoisotopic (exact) mass is 401 g/mol. The third-order valence-electron chi connectivity index (χ3n) is 4.68. The van der Waals surface area contributed by atoms with E-state index in [0.717, 1.165) is 22.8 Å². The van der Waals surface area contributed by atoms with Crippen molar-refractivity contribution in [3.8, 4) is 11.5 Å². The molecule has 0 aliphatic carbocycles. The normalized spacial score (nSPS) is 10.7. The lowest BCUT2D eigenvalue weighted by molar-refractivity contribution is -0.120. The lowest BCUT2D eigenvalue weighted by Crippen LogP contribution is -2.34. The summed E-state index contributed by atoms with van der Waals surface area (Å²) in [5, 5.41) is 0. The summed E-state index contributed by atoms with van der Waals surface area (Å²) in [4.78, 5) is 19.2. The van der Waals surface area contributed by atoms with E-state index in [9.17, 15) is 4.79 Å². The van der Waals surface area contributed by atoms with E-state index in [1.165, 1.54) is 0 Å². The first-order valence-electron chi connectivity index (χ1n) is 9.86. The molecular formula is C24H23N3O3. The first-order chi connectivity index (χ1) is 14.7. The molecule has 0 atom stereocenters. The van der Waals surface area contributed by atoms with Gasteiger partial charge in [-0.05, 0) is 55.5 Å². The third kappa shape index (κ3) is 4.43. The van der Waals surface area contributed by atoms with Gasteiger partial charge in [0.25, 0.3) is 5.91 Å². The molecule has 4 aromatic rings. The quantitative estimate of drug-likeness (QED) is 0.441. The van der Waals surface area contributed by atoms with Crippen molar-refractivity contribution >= 4 is 17.2 Å². The third-order valence-corrected chi connectivity index (χ3v) is 4.68. The lowest BCUT2D eigenvalue weighted by atomic mass is 10.2. The van der Waals surface area contributed by atoms with Gasteiger partial charge in [0.2, 0.25) is 0 Å². The molecule has 0 spiro atoms.